The average Bonchev–Trinajstić information content (AvgIpc) is 2.29. The number of hydrogen-bond acceptors (Lipinski definition) is 3. The Hall–Kier alpha value is -1.68. The zero-order chi connectivity index (χ0) is 13.0. The van der Waals surface area contributed by atoms with Gasteiger partial charge in [0, 0.05) is 13.2 Å². The molecule has 0 saturated heterocycles. The molecule has 0 atom stereocenters. The van der Waals surface area contributed by atoms with E-state index in [1.807, 2.05) is 13.8 Å². The fraction of sp³-hybridized carbons (Fsp3) is 0.333. The molecule has 0 fully saturated rings. The molecule has 0 amide bonds. The van der Waals surface area contributed by atoms with Crippen LogP contribution in [0.4, 0.5) is 0 Å². The van der Waals surface area contributed by atoms with Gasteiger partial charge in [0.05, 0.1) is 17.1 Å². The first-order valence-corrected chi connectivity index (χ1v) is 4.95. The van der Waals surface area contributed by atoms with E-state index >= 15 is 0 Å². The SMILES string of the molecule is C=C/C=C\C(COC)=C(/C=C)[N+](=O)[O-].CC. The number of allylic oxidation sites excluding steroid dienone is 3. The second kappa shape index (κ2) is 11.4. The fourth-order valence-electron chi connectivity index (χ4n) is 0.870. The third kappa shape index (κ3) is 6.73. The molecule has 0 aromatic heterocycles. The molecule has 0 aliphatic heterocycles. The minimum atomic E-state index is -0.491. The van der Waals surface area contributed by atoms with Gasteiger partial charge in [-0.3, -0.25) is 10.1 Å². The van der Waals surface area contributed by atoms with E-state index in [-0.39, 0.29) is 12.3 Å². The molecule has 90 valence electrons. The summed E-state index contributed by atoms with van der Waals surface area (Å²) in [6.07, 6.45) is 5.93. The van der Waals surface area contributed by atoms with E-state index in [2.05, 4.69) is 13.2 Å². The molecule has 0 radical (unpaired) electrons. The zero-order valence-electron chi connectivity index (χ0n) is 10.1. The summed E-state index contributed by atoms with van der Waals surface area (Å²) in [6, 6.07) is 0. The smallest absolute Gasteiger partial charge is 0.274 e. The molecule has 0 rings (SSSR count). The van der Waals surface area contributed by atoms with Crippen molar-refractivity contribution in [3.05, 3.63) is 58.8 Å². The molecule has 0 aromatic carbocycles. The normalized spacial score (nSPS) is 11.2. The third-order valence-electron chi connectivity index (χ3n) is 1.45. The van der Waals surface area contributed by atoms with Gasteiger partial charge in [0.25, 0.3) is 5.70 Å². The fourth-order valence-corrected chi connectivity index (χ4v) is 0.870. The van der Waals surface area contributed by atoms with Crippen molar-refractivity contribution in [3.63, 3.8) is 0 Å². The summed E-state index contributed by atoms with van der Waals surface area (Å²) in [5.74, 6) is 0. The van der Waals surface area contributed by atoms with Gasteiger partial charge in [-0.15, -0.1) is 0 Å². The maximum Gasteiger partial charge on any atom is 0.274 e. The first-order valence-electron chi connectivity index (χ1n) is 4.95. The number of hydrogen-bond donors (Lipinski definition) is 0. The van der Waals surface area contributed by atoms with Crippen LogP contribution < -0.4 is 0 Å². The van der Waals surface area contributed by atoms with Crippen molar-refractivity contribution >= 4 is 0 Å². The molecule has 0 heterocycles. The molecule has 0 N–H and O–H groups in total. The molecule has 0 unspecified atom stereocenters. The van der Waals surface area contributed by atoms with Crippen LogP contribution in [0, 0.1) is 10.1 Å². The minimum Gasteiger partial charge on any atom is -0.380 e. The Morgan fingerprint density at radius 1 is 1.44 bits per heavy atom. The Kier molecular flexibility index (Phi) is 11.9. The highest BCUT2D eigenvalue weighted by Gasteiger charge is 2.11. The number of rotatable bonds is 6. The van der Waals surface area contributed by atoms with Crippen molar-refractivity contribution in [1.82, 2.24) is 0 Å². The summed E-state index contributed by atoms with van der Waals surface area (Å²) in [6.45, 7) is 11.0. The molecule has 0 aliphatic carbocycles. The monoisotopic (exact) mass is 225 g/mol. The van der Waals surface area contributed by atoms with Gasteiger partial charge in [-0.05, 0) is 6.08 Å². The molecule has 4 nitrogen and oxygen atoms in total. The predicted octanol–water partition coefficient (Wildman–Crippen LogP) is 3.12. The molecule has 0 aromatic rings. The quantitative estimate of drug-likeness (QED) is 0.396. The van der Waals surface area contributed by atoms with E-state index in [4.69, 9.17) is 4.74 Å². The number of nitro groups is 1. The topological polar surface area (TPSA) is 52.4 Å². The van der Waals surface area contributed by atoms with Gasteiger partial charge in [0.2, 0.25) is 0 Å². The number of nitrogens with zero attached hydrogens (tertiary/aromatic N) is 1. The van der Waals surface area contributed by atoms with Crippen LogP contribution in [0.1, 0.15) is 13.8 Å². The molecule has 0 saturated carbocycles. The molecule has 4 heteroatoms. The lowest BCUT2D eigenvalue weighted by molar-refractivity contribution is -0.420. The van der Waals surface area contributed by atoms with Crippen molar-refractivity contribution in [2.45, 2.75) is 13.8 Å². The van der Waals surface area contributed by atoms with Crippen molar-refractivity contribution < 1.29 is 9.66 Å². The van der Waals surface area contributed by atoms with Gasteiger partial charge < -0.3 is 4.74 Å². The van der Waals surface area contributed by atoms with E-state index in [0.29, 0.717) is 5.57 Å². The van der Waals surface area contributed by atoms with Crippen LogP contribution in [-0.2, 0) is 4.74 Å². The van der Waals surface area contributed by atoms with Crippen LogP contribution in [-0.4, -0.2) is 18.6 Å². The Morgan fingerprint density at radius 2 is 2.00 bits per heavy atom. The van der Waals surface area contributed by atoms with Crippen molar-refractivity contribution in [3.8, 4) is 0 Å². The average molecular weight is 225 g/mol. The Bertz CT molecular complexity index is 291. The molecular formula is C12H19NO3. The Labute approximate surface area is 96.8 Å². The highest BCUT2D eigenvalue weighted by Crippen LogP contribution is 2.09. The van der Waals surface area contributed by atoms with Gasteiger partial charge in [-0.25, -0.2) is 0 Å². The zero-order valence-corrected chi connectivity index (χ0v) is 10.1. The Balaban J connectivity index is 0. The van der Waals surface area contributed by atoms with Crippen LogP contribution in [0.15, 0.2) is 48.7 Å². The predicted molar refractivity (Wildman–Crippen MR) is 66.8 cm³/mol. The van der Waals surface area contributed by atoms with Gasteiger partial charge in [-0.1, -0.05) is 39.2 Å². The Morgan fingerprint density at radius 3 is 2.31 bits per heavy atom. The van der Waals surface area contributed by atoms with Crippen LogP contribution in [0.3, 0.4) is 0 Å². The van der Waals surface area contributed by atoms with Gasteiger partial charge in [0.15, 0.2) is 0 Å². The standard InChI is InChI=1S/C10H13NO3.C2H6/c1-4-6-7-9(8-14-3)10(5-2)11(12)13;1-2/h4-7H,1-2,8H2,3H3;1-2H3/b7-6-,10-9-;. The van der Waals surface area contributed by atoms with Crippen molar-refractivity contribution in [2.75, 3.05) is 13.7 Å². The lowest BCUT2D eigenvalue weighted by Gasteiger charge is -2.00. The first kappa shape index (κ1) is 16.7. The van der Waals surface area contributed by atoms with Crippen LogP contribution in [0.2, 0.25) is 0 Å². The second-order valence-electron chi connectivity index (χ2n) is 2.40. The van der Waals surface area contributed by atoms with E-state index < -0.39 is 4.92 Å². The van der Waals surface area contributed by atoms with Crippen LogP contribution >= 0.6 is 0 Å². The van der Waals surface area contributed by atoms with E-state index in [0.717, 1.165) is 0 Å². The molecule has 0 aliphatic rings. The molecule has 16 heavy (non-hydrogen) atoms. The van der Waals surface area contributed by atoms with Crippen LogP contribution in [0.25, 0.3) is 0 Å². The van der Waals surface area contributed by atoms with Gasteiger partial charge in [-0.2, -0.15) is 0 Å². The molecule has 0 spiro atoms. The summed E-state index contributed by atoms with van der Waals surface area (Å²) >= 11 is 0. The molecule has 0 bridgehead atoms. The summed E-state index contributed by atoms with van der Waals surface area (Å²) in [5.41, 5.74) is 0.414. The van der Waals surface area contributed by atoms with Crippen molar-refractivity contribution in [2.24, 2.45) is 0 Å². The number of ether oxygens (including phenoxy) is 1. The van der Waals surface area contributed by atoms with Crippen molar-refractivity contribution in [1.29, 1.82) is 0 Å². The maximum absolute atomic E-state index is 10.6. The third-order valence-corrected chi connectivity index (χ3v) is 1.45. The largest absolute Gasteiger partial charge is 0.380 e. The molecular weight excluding hydrogens is 206 g/mol. The van der Waals surface area contributed by atoms with Gasteiger partial charge >= 0.3 is 0 Å². The minimum absolute atomic E-state index is 0.0510. The van der Waals surface area contributed by atoms with E-state index in [1.54, 1.807) is 12.2 Å². The summed E-state index contributed by atoms with van der Waals surface area (Å²) in [5, 5.41) is 10.6. The highest BCUT2D eigenvalue weighted by atomic mass is 16.6. The first-order chi connectivity index (χ1) is 7.67. The number of methoxy groups -OCH3 is 1. The van der Waals surface area contributed by atoms with Crippen LogP contribution in [0.5, 0.6) is 0 Å². The summed E-state index contributed by atoms with van der Waals surface area (Å²) < 4.78 is 4.84. The summed E-state index contributed by atoms with van der Waals surface area (Å²) in [4.78, 5) is 10.1. The van der Waals surface area contributed by atoms with E-state index in [1.165, 1.54) is 19.3 Å². The summed E-state index contributed by atoms with van der Waals surface area (Å²) in [7, 11) is 1.47. The second-order valence-corrected chi connectivity index (χ2v) is 2.40. The highest BCUT2D eigenvalue weighted by molar-refractivity contribution is 5.29. The van der Waals surface area contributed by atoms with Gasteiger partial charge in [0.1, 0.15) is 0 Å². The maximum atomic E-state index is 10.6. The lowest BCUT2D eigenvalue weighted by Crippen LogP contribution is -2.03. The van der Waals surface area contributed by atoms with E-state index in [9.17, 15) is 10.1 Å². The lowest BCUT2D eigenvalue weighted by atomic mass is 10.2.